The third kappa shape index (κ3) is 2.23. The Morgan fingerprint density at radius 3 is 2.93 bits per heavy atom. The first-order chi connectivity index (χ1) is 6.75. The van der Waals surface area contributed by atoms with Gasteiger partial charge in [0.25, 0.3) is 0 Å². The largest absolute Gasteiger partial charge is 0.367 e. The molecular weight excluding hydrogens is 247 g/mol. The average Bonchev–Trinajstić information content (AvgIpc) is 2.05. The van der Waals surface area contributed by atoms with Gasteiger partial charge in [0.05, 0.1) is 0 Å². The topological polar surface area (TPSA) is 24.9 Å². The molecule has 0 unspecified atom stereocenters. The zero-order chi connectivity index (χ0) is 9.97. The predicted molar refractivity (Wildman–Crippen MR) is 57.7 cm³/mol. The second-order valence-electron chi connectivity index (χ2n) is 3.66. The first kappa shape index (κ1) is 9.90. The van der Waals surface area contributed by atoms with Crippen LogP contribution < -0.4 is 5.32 Å². The molecule has 76 valence electrons. The van der Waals surface area contributed by atoms with Gasteiger partial charge in [-0.05, 0) is 40.8 Å². The smallest absolute Gasteiger partial charge is 0.166 e. The molecule has 0 aliphatic heterocycles. The van der Waals surface area contributed by atoms with E-state index in [4.69, 9.17) is 0 Å². The standard InChI is InChI=1S/C10H12BrFN2/c11-8-4-9(12)10(14-6-8)13-5-7-2-1-3-7/h4,6-7H,1-3,5H2,(H,13,14). The molecule has 0 amide bonds. The highest BCUT2D eigenvalue weighted by Gasteiger charge is 2.17. The normalized spacial score (nSPS) is 16.4. The van der Waals surface area contributed by atoms with Crippen molar-refractivity contribution in [2.75, 3.05) is 11.9 Å². The van der Waals surface area contributed by atoms with Crippen molar-refractivity contribution in [3.8, 4) is 0 Å². The van der Waals surface area contributed by atoms with Crippen molar-refractivity contribution < 1.29 is 4.39 Å². The fourth-order valence-corrected chi connectivity index (χ4v) is 1.79. The Bertz CT molecular complexity index is 326. The minimum Gasteiger partial charge on any atom is -0.367 e. The van der Waals surface area contributed by atoms with Crippen molar-refractivity contribution in [2.24, 2.45) is 5.92 Å². The second-order valence-corrected chi connectivity index (χ2v) is 4.58. The molecule has 2 nitrogen and oxygen atoms in total. The van der Waals surface area contributed by atoms with Gasteiger partial charge in [0, 0.05) is 17.2 Å². The zero-order valence-corrected chi connectivity index (χ0v) is 9.35. The quantitative estimate of drug-likeness (QED) is 0.901. The van der Waals surface area contributed by atoms with E-state index in [0.29, 0.717) is 16.2 Å². The Morgan fingerprint density at radius 1 is 1.57 bits per heavy atom. The Labute approximate surface area is 91.1 Å². The van der Waals surface area contributed by atoms with Crippen LogP contribution in [0.15, 0.2) is 16.7 Å². The van der Waals surface area contributed by atoms with Gasteiger partial charge in [-0.2, -0.15) is 0 Å². The Hall–Kier alpha value is -0.640. The van der Waals surface area contributed by atoms with Crippen LogP contribution in [0.25, 0.3) is 0 Å². The minimum absolute atomic E-state index is 0.293. The van der Waals surface area contributed by atoms with Crippen LogP contribution in [0.4, 0.5) is 10.2 Å². The van der Waals surface area contributed by atoms with Crippen molar-refractivity contribution >= 4 is 21.7 Å². The van der Waals surface area contributed by atoms with Crippen LogP contribution in [0.1, 0.15) is 19.3 Å². The summed E-state index contributed by atoms with van der Waals surface area (Å²) in [6.45, 7) is 0.839. The van der Waals surface area contributed by atoms with Crippen LogP contribution in [0.2, 0.25) is 0 Å². The number of rotatable bonds is 3. The fourth-order valence-electron chi connectivity index (χ4n) is 1.48. The van der Waals surface area contributed by atoms with Gasteiger partial charge >= 0.3 is 0 Å². The molecular formula is C10H12BrFN2. The van der Waals surface area contributed by atoms with Gasteiger partial charge in [-0.15, -0.1) is 0 Å². The van der Waals surface area contributed by atoms with Crippen LogP contribution in [-0.2, 0) is 0 Å². The fraction of sp³-hybridized carbons (Fsp3) is 0.500. The summed E-state index contributed by atoms with van der Waals surface area (Å²) >= 11 is 3.17. The molecule has 2 rings (SSSR count). The molecule has 1 N–H and O–H groups in total. The molecule has 1 fully saturated rings. The molecule has 1 aliphatic carbocycles. The van der Waals surface area contributed by atoms with Crippen LogP contribution in [0.3, 0.4) is 0 Å². The molecule has 0 aromatic carbocycles. The van der Waals surface area contributed by atoms with Crippen molar-refractivity contribution in [3.05, 3.63) is 22.6 Å². The number of nitrogens with zero attached hydrogens (tertiary/aromatic N) is 1. The highest BCUT2D eigenvalue weighted by Crippen LogP contribution is 2.26. The molecule has 4 heteroatoms. The Balaban J connectivity index is 1.94. The van der Waals surface area contributed by atoms with E-state index in [1.54, 1.807) is 6.20 Å². The van der Waals surface area contributed by atoms with E-state index in [9.17, 15) is 4.39 Å². The van der Waals surface area contributed by atoms with Gasteiger partial charge < -0.3 is 5.32 Å². The number of hydrogen-bond acceptors (Lipinski definition) is 2. The number of anilines is 1. The maximum atomic E-state index is 13.3. The minimum atomic E-state index is -0.293. The Morgan fingerprint density at radius 2 is 2.36 bits per heavy atom. The summed E-state index contributed by atoms with van der Waals surface area (Å²) in [6, 6.07) is 1.43. The van der Waals surface area contributed by atoms with E-state index < -0.39 is 0 Å². The van der Waals surface area contributed by atoms with Crippen molar-refractivity contribution in [3.63, 3.8) is 0 Å². The van der Waals surface area contributed by atoms with Gasteiger partial charge in [0.2, 0.25) is 0 Å². The number of aromatic nitrogens is 1. The molecule has 1 aliphatic rings. The maximum Gasteiger partial charge on any atom is 0.166 e. The van der Waals surface area contributed by atoms with Crippen LogP contribution in [0.5, 0.6) is 0 Å². The lowest BCUT2D eigenvalue weighted by atomic mass is 9.85. The summed E-state index contributed by atoms with van der Waals surface area (Å²) < 4.78 is 13.9. The van der Waals surface area contributed by atoms with Gasteiger partial charge in [-0.25, -0.2) is 9.37 Å². The predicted octanol–water partition coefficient (Wildman–Crippen LogP) is 3.20. The highest BCUT2D eigenvalue weighted by atomic mass is 79.9. The van der Waals surface area contributed by atoms with Gasteiger partial charge in [0.15, 0.2) is 11.6 Å². The average molecular weight is 259 g/mol. The van der Waals surface area contributed by atoms with Crippen molar-refractivity contribution in [1.82, 2.24) is 4.98 Å². The molecule has 14 heavy (non-hydrogen) atoms. The van der Waals surface area contributed by atoms with E-state index in [0.717, 1.165) is 6.54 Å². The van der Waals surface area contributed by atoms with Crippen LogP contribution in [-0.4, -0.2) is 11.5 Å². The number of halogens is 2. The van der Waals surface area contributed by atoms with E-state index in [2.05, 4.69) is 26.2 Å². The Kier molecular flexibility index (Phi) is 3.01. The first-order valence-corrected chi connectivity index (χ1v) is 5.60. The monoisotopic (exact) mass is 258 g/mol. The van der Waals surface area contributed by atoms with Gasteiger partial charge in [-0.1, -0.05) is 6.42 Å². The first-order valence-electron chi connectivity index (χ1n) is 4.80. The van der Waals surface area contributed by atoms with Gasteiger partial charge in [-0.3, -0.25) is 0 Å². The lowest BCUT2D eigenvalue weighted by Crippen LogP contribution is -2.21. The maximum absolute atomic E-state index is 13.3. The zero-order valence-electron chi connectivity index (χ0n) is 7.76. The van der Waals surface area contributed by atoms with Crippen LogP contribution >= 0.6 is 15.9 Å². The molecule has 0 atom stereocenters. The van der Waals surface area contributed by atoms with E-state index in [1.807, 2.05) is 0 Å². The molecule has 0 bridgehead atoms. The summed E-state index contributed by atoms with van der Waals surface area (Å²) in [4.78, 5) is 3.98. The van der Waals surface area contributed by atoms with Crippen LogP contribution in [0, 0.1) is 11.7 Å². The SMILES string of the molecule is Fc1cc(Br)cnc1NCC1CCC1. The highest BCUT2D eigenvalue weighted by molar-refractivity contribution is 9.10. The third-order valence-corrected chi connectivity index (χ3v) is 3.02. The van der Waals surface area contributed by atoms with Crippen molar-refractivity contribution in [1.29, 1.82) is 0 Å². The number of pyridine rings is 1. The molecule has 0 saturated heterocycles. The molecule has 1 aromatic heterocycles. The van der Waals surface area contributed by atoms with Crippen molar-refractivity contribution in [2.45, 2.75) is 19.3 Å². The molecule has 0 radical (unpaired) electrons. The molecule has 1 saturated carbocycles. The second kappa shape index (κ2) is 4.26. The molecule has 0 spiro atoms. The lowest BCUT2D eigenvalue weighted by Gasteiger charge is -2.25. The number of nitrogens with one attached hydrogen (secondary N) is 1. The van der Waals surface area contributed by atoms with Gasteiger partial charge in [0.1, 0.15) is 0 Å². The van der Waals surface area contributed by atoms with E-state index >= 15 is 0 Å². The molecule has 1 heterocycles. The van der Waals surface area contributed by atoms with E-state index in [1.165, 1.54) is 25.3 Å². The summed E-state index contributed by atoms with van der Waals surface area (Å²) in [5.74, 6) is 0.777. The van der Waals surface area contributed by atoms with E-state index in [-0.39, 0.29) is 5.82 Å². The summed E-state index contributed by atoms with van der Waals surface area (Å²) in [5, 5.41) is 3.04. The molecule has 1 aromatic rings. The third-order valence-electron chi connectivity index (χ3n) is 2.59. The summed E-state index contributed by atoms with van der Waals surface area (Å²) in [6.07, 6.45) is 5.42. The lowest BCUT2D eigenvalue weighted by molar-refractivity contribution is 0.333. The summed E-state index contributed by atoms with van der Waals surface area (Å²) in [7, 11) is 0. The number of hydrogen-bond donors (Lipinski definition) is 1. The summed E-state index contributed by atoms with van der Waals surface area (Å²) in [5.41, 5.74) is 0.